The van der Waals surface area contributed by atoms with Crippen LogP contribution in [0.25, 0.3) is 0 Å². The van der Waals surface area contributed by atoms with Gasteiger partial charge in [0.15, 0.2) is 0 Å². The second kappa shape index (κ2) is 5.29. The molecule has 0 aliphatic carbocycles. The number of esters is 1. The molecule has 0 heterocycles. The average molecular weight is 218 g/mol. The van der Waals surface area contributed by atoms with Gasteiger partial charge in [0.05, 0.1) is 25.2 Å². The van der Waals surface area contributed by atoms with E-state index in [2.05, 4.69) is 10.8 Å². The summed E-state index contributed by atoms with van der Waals surface area (Å²) in [4.78, 5) is 11.2. The summed E-state index contributed by atoms with van der Waals surface area (Å²) >= 11 is 0. The third kappa shape index (κ3) is 2.59. The van der Waals surface area contributed by atoms with Crippen LogP contribution in [0.15, 0.2) is 12.1 Å². The first-order valence-corrected chi connectivity index (χ1v) is 4.91. The van der Waals surface area contributed by atoms with Gasteiger partial charge in [-0.15, -0.1) is 0 Å². The van der Waals surface area contributed by atoms with Crippen LogP contribution in [-0.4, -0.2) is 13.1 Å². The highest BCUT2D eigenvalue weighted by Gasteiger charge is 2.11. The number of rotatable bonds is 3. The number of carbonyl (C=O) groups is 1. The fraction of sp³-hybridized carbons (Fsp3) is 0.333. The molecule has 1 aromatic carbocycles. The molecule has 0 spiro atoms. The summed E-state index contributed by atoms with van der Waals surface area (Å²) in [6.07, 6.45) is 0.152. The molecule has 0 unspecified atom stereocenters. The second-order valence-electron chi connectivity index (χ2n) is 3.52. The lowest BCUT2D eigenvalue weighted by molar-refractivity contribution is -0.139. The minimum atomic E-state index is -0.329. The number of nitrogens with two attached hydrogens (primary N) is 1. The molecule has 84 valence electrons. The number of nitrogens with zero attached hydrogens (tertiary/aromatic N) is 1. The SMILES string of the molecule is COC(=O)Cc1cc(C)cc(C#N)c1CN. The maximum atomic E-state index is 11.2. The molecule has 0 radical (unpaired) electrons. The van der Waals surface area contributed by atoms with Crippen LogP contribution in [0.4, 0.5) is 0 Å². The molecule has 1 aromatic rings. The molecular formula is C12H14N2O2. The molecule has 0 atom stereocenters. The first-order chi connectivity index (χ1) is 7.62. The molecule has 1 rings (SSSR count). The van der Waals surface area contributed by atoms with E-state index in [4.69, 9.17) is 11.0 Å². The van der Waals surface area contributed by atoms with Gasteiger partial charge < -0.3 is 10.5 Å². The average Bonchev–Trinajstić information content (AvgIpc) is 2.28. The normalized spacial score (nSPS) is 9.62. The molecule has 0 fully saturated rings. The standard InChI is InChI=1S/C12H14N2O2/c1-8-3-9(5-12(15)16-2)11(7-14)10(4-8)6-13/h3-4H,5,7,14H2,1-2H3. The molecule has 0 saturated heterocycles. The van der Waals surface area contributed by atoms with E-state index in [1.807, 2.05) is 13.0 Å². The van der Waals surface area contributed by atoms with Crippen molar-refractivity contribution in [2.75, 3.05) is 7.11 Å². The van der Waals surface area contributed by atoms with Gasteiger partial charge in [-0.05, 0) is 29.7 Å². The molecule has 4 nitrogen and oxygen atoms in total. The molecule has 2 N–H and O–H groups in total. The van der Waals surface area contributed by atoms with Crippen LogP contribution >= 0.6 is 0 Å². The van der Waals surface area contributed by atoms with E-state index < -0.39 is 0 Å². The zero-order valence-electron chi connectivity index (χ0n) is 9.41. The highest BCUT2D eigenvalue weighted by molar-refractivity contribution is 5.73. The smallest absolute Gasteiger partial charge is 0.309 e. The van der Waals surface area contributed by atoms with Gasteiger partial charge in [0.1, 0.15) is 0 Å². The summed E-state index contributed by atoms with van der Waals surface area (Å²) in [5.74, 6) is -0.329. The van der Waals surface area contributed by atoms with E-state index in [1.54, 1.807) is 6.07 Å². The first-order valence-electron chi connectivity index (χ1n) is 4.91. The van der Waals surface area contributed by atoms with E-state index >= 15 is 0 Å². The Morgan fingerprint density at radius 2 is 2.25 bits per heavy atom. The number of carbonyl (C=O) groups excluding carboxylic acids is 1. The Morgan fingerprint density at radius 3 is 2.75 bits per heavy atom. The topological polar surface area (TPSA) is 76.1 Å². The lowest BCUT2D eigenvalue weighted by Crippen LogP contribution is -2.11. The van der Waals surface area contributed by atoms with Crippen molar-refractivity contribution in [1.82, 2.24) is 0 Å². The summed E-state index contributed by atoms with van der Waals surface area (Å²) in [6, 6.07) is 5.71. The van der Waals surface area contributed by atoms with Crippen LogP contribution in [0.1, 0.15) is 22.3 Å². The predicted molar refractivity (Wildman–Crippen MR) is 59.5 cm³/mol. The van der Waals surface area contributed by atoms with Gasteiger partial charge in [-0.3, -0.25) is 4.79 Å². The minimum absolute atomic E-state index is 0.152. The number of methoxy groups -OCH3 is 1. The molecule has 0 aliphatic heterocycles. The number of hydrogen-bond acceptors (Lipinski definition) is 4. The molecule has 0 aliphatic rings. The van der Waals surface area contributed by atoms with E-state index in [9.17, 15) is 4.79 Å². The van der Waals surface area contributed by atoms with Gasteiger partial charge in [-0.2, -0.15) is 5.26 Å². The quantitative estimate of drug-likeness (QED) is 0.769. The van der Waals surface area contributed by atoms with E-state index in [0.717, 1.165) is 16.7 Å². The Labute approximate surface area is 94.6 Å². The molecule has 4 heteroatoms. The molecule has 0 amide bonds. The maximum absolute atomic E-state index is 11.2. The zero-order chi connectivity index (χ0) is 12.1. The number of hydrogen-bond donors (Lipinski definition) is 1. The van der Waals surface area contributed by atoms with Crippen LogP contribution in [0.5, 0.6) is 0 Å². The predicted octanol–water partition coefficient (Wildman–Crippen LogP) is 1.04. The highest BCUT2D eigenvalue weighted by atomic mass is 16.5. The van der Waals surface area contributed by atoms with Crippen molar-refractivity contribution in [3.8, 4) is 6.07 Å². The first kappa shape index (κ1) is 12.2. The molecule has 0 saturated carbocycles. The van der Waals surface area contributed by atoms with E-state index in [1.165, 1.54) is 7.11 Å². The third-order valence-electron chi connectivity index (χ3n) is 2.37. The van der Waals surface area contributed by atoms with Gasteiger partial charge >= 0.3 is 5.97 Å². The maximum Gasteiger partial charge on any atom is 0.309 e. The molecule has 0 bridgehead atoms. The Bertz CT molecular complexity index is 447. The van der Waals surface area contributed by atoms with Crippen molar-refractivity contribution in [1.29, 1.82) is 5.26 Å². The van der Waals surface area contributed by atoms with Crippen molar-refractivity contribution in [2.45, 2.75) is 19.9 Å². The number of aryl methyl sites for hydroxylation is 1. The zero-order valence-corrected chi connectivity index (χ0v) is 9.41. The van der Waals surface area contributed by atoms with Gasteiger partial charge in [-0.25, -0.2) is 0 Å². The van der Waals surface area contributed by atoms with Crippen molar-refractivity contribution >= 4 is 5.97 Å². The Hall–Kier alpha value is -1.86. The Morgan fingerprint density at radius 1 is 1.56 bits per heavy atom. The van der Waals surface area contributed by atoms with Crippen molar-refractivity contribution < 1.29 is 9.53 Å². The van der Waals surface area contributed by atoms with Crippen molar-refractivity contribution in [2.24, 2.45) is 5.73 Å². The molecule has 0 aromatic heterocycles. The fourth-order valence-corrected chi connectivity index (χ4v) is 1.62. The van der Waals surface area contributed by atoms with Gasteiger partial charge in [0.2, 0.25) is 0 Å². The van der Waals surface area contributed by atoms with Crippen LogP contribution < -0.4 is 5.73 Å². The number of benzene rings is 1. The van der Waals surface area contributed by atoms with E-state index in [-0.39, 0.29) is 18.9 Å². The summed E-state index contributed by atoms with van der Waals surface area (Å²) in [6.45, 7) is 2.12. The van der Waals surface area contributed by atoms with Crippen LogP contribution in [0, 0.1) is 18.3 Å². The Kier molecular flexibility index (Phi) is 4.03. The highest BCUT2D eigenvalue weighted by Crippen LogP contribution is 2.17. The lowest BCUT2D eigenvalue weighted by Gasteiger charge is -2.10. The van der Waals surface area contributed by atoms with E-state index in [0.29, 0.717) is 5.56 Å². The summed E-state index contributed by atoms with van der Waals surface area (Å²) < 4.78 is 4.60. The van der Waals surface area contributed by atoms with Gasteiger partial charge in [0, 0.05) is 6.54 Å². The number of nitriles is 1. The van der Waals surface area contributed by atoms with Crippen molar-refractivity contribution in [3.05, 3.63) is 34.4 Å². The monoisotopic (exact) mass is 218 g/mol. The van der Waals surface area contributed by atoms with Gasteiger partial charge in [0.25, 0.3) is 0 Å². The second-order valence-corrected chi connectivity index (χ2v) is 3.52. The largest absolute Gasteiger partial charge is 0.469 e. The Balaban J connectivity index is 3.21. The summed E-state index contributed by atoms with van der Waals surface area (Å²) in [5, 5.41) is 8.97. The van der Waals surface area contributed by atoms with Crippen molar-refractivity contribution in [3.63, 3.8) is 0 Å². The summed E-state index contributed by atoms with van der Waals surface area (Å²) in [5.41, 5.74) is 8.55. The lowest BCUT2D eigenvalue weighted by atomic mass is 9.96. The molecule has 16 heavy (non-hydrogen) atoms. The molecular weight excluding hydrogens is 204 g/mol. The van der Waals surface area contributed by atoms with Crippen LogP contribution in [0.3, 0.4) is 0 Å². The number of ether oxygens (including phenoxy) is 1. The summed E-state index contributed by atoms with van der Waals surface area (Å²) in [7, 11) is 1.34. The minimum Gasteiger partial charge on any atom is -0.469 e. The fourth-order valence-electron chi connectivity index (χ4n) is 1.62. The van der Waals surface area contributed by atoms with Gasteiger partial charge in [-0.1, -0.05) is 6.07 Å². The van der Waals surface area contributed by atoms with Crippen LogP contribution in [0.2, 0.25) is 0 Å². The van der Waals surface area contributed by atoms with Crippen LogP contribution in [-0.2, 0) is 22.5 Å². The third-order valence-corrected chi connectivity index (χ3v) is 2.37.